The fourth-order valence-electron chi connectivity index (χ4n) is 7.13. The maximum atomic E-state index is 5.49. The van der Waals surface area contributed by atoms with Crippen molar-refractivity contribution < 1.29 is 4.74 Å². The summed E-state index contributed by atoms with van der Waals surface area (Å²) >= 11 is 2.02. The molecule has 6 nitrogen and oxygen atoms in total. The first-order valence-corrected chi connectivity index (χ1v) is 14.5. The molecule has 7 heteroatoms. The van der Waals surface area contributed by atoms with Crippen LogP contribution in [0.15, 0.2) is 12.5 Å². The lowest BCUT2D eigenvalue weighted by Crippen LogP contribution is -2.50. The number of hydrogen-bond donors (Lipinski definition) is 1. The van der Waals surface area contributed by atoms with Crippen LogP contribution in [-0.2, 0) is 17.6 Å². The van der Waals surface area contributed by atoms with Crippen molar-refractivity contribution in [2.75, 3.05) is 32.8 Å². The van der Waals surface area contributed by atoms with Gasteiger partial charge >= 0.3 is 0 Å². The van der Waals surface area contributed by atoms with Crippen molar-refractivity contribution in [3.05, 3.63) is 39.7 Å². The van der Waals surface area contributed by atoms with E-state index in [2.05, 4.69) is 53.9 Å². The number of aromatic nitrogens is 4. The largest absolute Gasteiger partial charge is 0.380 e. The normalized spacial score (nSPS) is 20.6. The molecule has 0 spiro atoms. The van der Waals surface area contributed by atoms with Crippen LogP contribution in [0.3, 0.4) is 0 Å². The molecule has 4 aromatic rings. The van der Waals surface area contributed by atoms with Gasteiger partial charge in [-0.05, 0) is 80.6 Å². The number of H-pyrrole nitrogens is 1. The van der Waals surface area contributed by atoms with Gasteiger partial charge in [-0.25, -0.2) is 9.50 Å². The molecular weight excluding hydrogens is 466 g/mol. The lowest BCUT2D eigenvalue weighted by atomic mass is 9.86. The molecule has 0 amide bonds. The maximum absolute atomic E-state index is 5.49. The molecule has 0 radical (unpaired) electrons. The number of likely N-dealkylation sites (tertiary alicyclic amines) is 1. The zero-order valence-electron chi connectivity index (χ0n) is 22.0. The molecule has 0 atom stereocenters. The van der Waals surface area contributed by atoms with E-state index in [4.69, 9.17) is 4.74 Å². The lowest BCUT2D eigenvalue weighted by molar-refractivity contribution is -0.116. The Hall–Kier alpha value is -2.22. The Balaban J connectivity index is 1.24. The van der Waals surface area contributed by atoms with Crippen LogP contribution in [0.4, 0.5) is 0 Å². The highest BCUT2D eigenvalue weighted by Gasteiger charge is 2.37. The van der Waals surface area contributed by atoms with E-state index in [1.807, 2.05) is 15.9 Å². The Morgan fingerprint density at radius 1 is 1.19 bits per heavy atom. The van der Waals surface area contributed by atoms with Crippen molar-refractivity contribution in [3.8, 4) is 11.3 Å². The Labute approximate surface area is 217 Å². The number of rotatable bonds is 5. The van der Waals surface area contributed by atoms with Gasteiger partial charge in [0.05, 0.1) is 18.9 Å². The smallest absolute Gasteiger partial charge is 0.158 e. The van der Waals surface area contributed by atoms with E-state index in [9.17, 15) is 0 Å². The Bertz CT molecular complexity index is 1450. The number of ether oxygens (including phenoxy) is 1. The average Bonchev–Trinajstić information content (AvgIpc) is 3.61. The van der Waals surface area contributed by atoms with Crippen molar-refractivity contribution in [1.82, 2.24) is 24.5 Å². The van der Waals surface area contributed by atoms with E-state index in [0.717, 1.165) is 31.7 Å². The molecule has 6 heterocycles. The number of nitrogens with zero attached hydrogens (tertiary/aromatic N) is 4. The summed E-state index contributed by atoms with van der Waals surface area (Å²) in [5.41, 5.74) is 9.91. The van der Waals surface area contributed by atoms with E-state index >= 15 is 0 Å². The molecule has 2 aliphatic heterocycles. The highest BCUT2D eigenvalue weighted by molar-refractivity contribution is 7.19. The van der Waals surface area contributed by atoms with E-state index < -0.39 is 0 Å². The molecule has 190 valence electrons. The van der Waals surface area contributed by atoms with Gasteiger partial charge in [0.15, 0.2) is 5.65 Å². The van der Waals surface area contributed by atoms with Crippen LogP contribution in [0.2, 0.25) is 0 Å². The molecule has 0 bridgehead atoms. The average molecular weight is 504 g/mol. The second-order valence-electron chi connectivity index (χ2n) is 12.1. The predicted molar refractivity (Wildman–Crippen MR) is 146 cm³/mol. The van der Waals surface area contributed by atoms with Gasteiger partial charge in [0.25, 0.3) is 0 Å². The van der Waals surface area contributed by atoms with E-state index in [-0.39, 0.29) is 0 Å². The van der Waals surface area contributed by atoms with E-state index in [1.165, 1.54) is 82.6 Å². The van der Waals surface area contributed by atoms with Crippen LogP contribution in [0.25, 0.3) is 27.1 Å². The molecule has 0 saturated carbocycles. The second kappa shape index (κ2) is 8.40. The second-order valence-corrected chi connectivity index (χ2v) is 13.2. The number of aromatic amines is 1. The predicted octanol–water partition coefficient (Wildman–Crippen LogP) is 6.08. The van der Waals surface area contributed by atoms with Crippen LogP contribution in [0.1, 0.15) is 79.0 Å². The third-order valence-corrected chi connectivity index (χ3v) is 10.3. The number of thiophene rings is 1. The highest BCUT2D eigenvalue weighted by atomic mass is 32.1. The van der Waals surface area contributed by atoms with Crippen LogP contribution in [0.5, 0.6) is 0 Å². The van der Waals surface area contributed by atoms with Gasteiger partial charge in [0, 0.05) is 39.5 Å². The summed E-state index contributed by atoms with van der Waals surface area (Å²) in [7, 11) is 0. The van der Waals surface area contributed by atoms with Crippen LogP contribution >= 0.6 is 11.3 Å². The molecule has 36 heavy (non-hydrogen) atoms. The molecule has 0 aromatic carbocycles. The van der Waals surface area contributed by atoms with Gasteiger partial charge in [0.2, 0.25) is 0 Å². The molecule has 3 aliphatic rings. The monoisotopic (exact) mass is 503 g/mol. The zero-order chi connectivity index (χ0) is 24.6. The lowest BCUT2D eigenvalue weighted by Gasteiger charge is -2.43. The van der Waals surface area contributed by atoms with Gasteiger partial charge < -0.3 is 14.6 Å². The van der Waals surface area contributed by atoms with Crippen LogP contribution in [0, 0.1) is 12.3 Å². The molecule has 1 aliphatic carbocycles. The molecular formula is C29H37N5OS. The molecule has 4 aromatic heterocycles. The molecule has 2 fully saturated rings. The molecule has 0 unspecified atom stereocenters. The Morgan fingerprint density at radius 3 is 2.69 bits per heavy atom. The SMILES string of the molecule is Cc1c(C2CCN(CC3(C)COC3)CC2)sc2[nH]c(-c3cn4ncnc4c4c3CCC4)c(C(C)C)c12. The minimum atomic E-state index is 0.375. The molecule has 7 rings (SSSR count). The summed E-state index contributed by atoms with van der Waals surface area (Å²) in [6.07, 6.45) is 9.87. The van der Waals surface area contributed by atoms with Crippen molar-refractivity contribution in [2.24, 2.45) is 5.41 Å². The summed E-state index contributed by atoms with van der Waals surface area (Å²) in [5, 5.41) is 5.99. The van der Waals surface area contributed by atoms with Gasteiger partial charge in [-0.1, -0.05) is 20.8 Å². The number of piperidine rings is 1. The van der Waals surface area contributed by atoms with E-state index in [0.29, 0.717) is 17.3 Å². The number of aryl methyl sites for hydroxylation is 2. The van der Waals surface area contributed by atoms with Gasteiger partial charge in [-0.15, -0.1) is 11.3 Å². The van der Waals surface area contributed by atoms with Crippen molar-refractivity contribution in [1.29, 1.82) is 0 Å². The summed E-state index contributed by atoms with van der Waals surface area (Å²) in [6, 6.07) is 0. The quantitative estimate of drug-likeness (QED) is 0.359. The zero-order valence-corrected chi connectivity index (χ0v) is 22.8. The first kappa shape index (κ1) is 22.9. The number of fused-ring (bicyclic) bond motifs is 4. The maximum Gasteiger partial charge on any atom is 0.158 e. The van der Waals surface area contributed by atoms with Crippen molar-refractivity contribution in [3.63, 3.8) is 0 Å². The van der Waals surface area contributed by atoms with Crippen LogP contribution < -0.4 is 0 Å². The minimum Gasteiger partial charge on any atom is -0.380 e. The first-order valence-electron chi connectivity index (χ1n) is 13.7. The molecule has 1 N–H and O–H groups in total. The highest BCUT2D eigenvalue weighted by Crippen LogP contribution is 2.47. The first-order chi connectivity index (χ1) is 17.4. The molecule has 2 saturated heterocycles. The Kier molecular flexibility index (Phi) is 5.35. The van der Waals surface area contributed by atoms with Crippen molar-refractivity contribution >= 4 is 27.2 Å². The summed E-state index contributed by atoms with van der Waals surface area (Å²) in [6.45, 7) is 14.9. The summed E-state index contributed by atoms with van der Waals surface area (Å²) in [5.74, 6) is 1.13. The fraction of sp³-hybridized carbons (Fsp3) is 0.586. The van der Waals surface area contributed by atoms with Gasteiger partial charge in [0.1, 0.15) is 11.2 Å². The number of hydrogen-bond acceptors (Lipinski definition) is 5. The Morgan fingerprint density at radius 2 is 1.97 bits per heavy atom. The number of nitrogens with one attached hydrogen (secondary N) is 1. The fourth-order valence-corrected chi connectivity index (χ4v) is 8.52. The minimum absolute atomic E-state index is 0.375. The third kappa shape index (κ3) is 3.50. The van der Waals surface area contributed by atoms with Crippen molar-refractivity contribution in [2.45, 2.75) is 71.6 Å². The standard InChI is InChI=1S/C29H37N5OS/c1-17(2)23-24-18(3)26(19-8-10-33(11-9-19)13-29(4)14-35-15-29)36-28(24)32-25(23)22-12-34-27(30-16-31-34)21-7-5-6-20(21)22/h12,16-17,19,32H,5-11,13-15H2,1-4H3. The van der Waals surface area contributed by atoms with E-state index in [1.54, 1.807) is 11.2 Å². The third-order valence-electron chi connectivity index (χ3n) is 8.91. The topological polar surface area (TPSA) is 58.5 Å². The van der Waals surface area contributed by atoms with Crippen LogP contribution in [-0.4, -0.2) is 57.3 Å². The van der Waals surface area contributed by atoms with Gasteiger partial charge in [-0.2, -0.15) is 5.10 Å². The van der Waals surface area contributed by atoms with Gasteiger partial charge in [-0.3, -0.25) is 0 Å². The number of pyridine rings is 1. The summed E-state index contributed by atoms with van der Waals surface area (Å²) < 4.78 is 7.47. The summed E-state index contributed by atoms with van der Waals surface area (Å²) in [4.78, 5) is 14.1.